The van der Waals surface area contributed by atoms with Gasteiger partial charge in [0.15, 0.2) is 17.5 Å². The first-order valence-corrected chi connectivity index (χ1v) is 20.8. The van der Waals surface area contributed by atoms with Gasteiger partial charge in [-0.1, -0.05) is 158 Å². The van der Waals surface area contributed by atoms with E-state index in [1.807, 2.05) is 30.3 Å². The van der Waals surface area contributed by atoms with Gasteiger partial charge in [-0.25, -0.2) is 15.0 Å². The largest absolute Gasteiger partial charge is 0.456 e. The molecule has 0 saturated heterocycles. The van der Waals surface area contributed by atoms with E-state index in [1.54, 1.807) is 0 Å². The van der Waals surface area contributed by atoms with Crippen molar-refractivity contribution in [1.29, 1.82) is 0 Å². The lowest BCUT2D eigenvalue weighted by Gasteiger charge is -2.13. The van der Waals surface area contributed by atoms with E-state index in [-0.39, 0.29) is 0 Å². The van der Waals surface area contributed by atoms with E-state index in [4.69, 9.17) is 23.8 Å². The fraction of sp³-hybridized carbons (Fsp3) is 0. The van der Waals surface area contributed by atoms with Crippen LogP contribution in [0.2, 0.25) is 0 Å². The Kier molecular flexibility index (Phi) is 7.54. The van der Waals surface area contributed by atoms with Gasteiger partial charge in [-0.3, -0.25) is 0 Å². The zero-order valence-electron chi connectivity index (χ0n) is 33.2. The third kappa shape index (κ3) is 5.45. The van der Waals surface area contributed by atoms with Crippen LogP contribution in [0.25, 0.3) is 133 Å². The van der Waals surface area contributed by atoms with Gasteiger partial charge in [0, 0.05) is 43.8 Å². The zero-order valence-corrected chi connectivity index (χ0v) is 33.2. The first-order chi connectivity index (χ1) is 30.7. The molecule has 13 aromatic rings. The third-order valence-corrected chi connectivity index (χ3v) is 12.3. The van der Waals surface area contributed by atoms with Crippen molar-refractivity contribution in [2.45, 2.75) is 0 Å². The van der Waals surface area contributed by atoms with Crippen molar-refractivity contribution in [3.63, 3.8) is 0 Å². The molecule has 3 aromatic heterocycles. The van der Waals surface area contributed by atoms with Crippen LogP contribution < -0.4 is 0 Å². The van der Waals surface area contributed by atoms with Crippen LogP contribution in [0.3, 0.4) is 0 Å². The van der Waals surface area contributed by atoms with Crippen molar-refractivity contribution in [3.8, 4) is 56.4 Å². The maximum absolute atomic E-state index is 6.80. The van der Waals surface area contributed by atoms with Crippen molar-refractivity contribution in [3.05, 3.63) is 200 Å². The molecule has 0 bridgehead atoms. The van der Waals surface area contributed by atoms with Crippen LogP contribution in [0, 0.1) is 0 Å². The monoisotopic (exact) mass is 791 g/mol. The molecule has 288 valence electrons. The summed E-state index contributed by atoms with van der Waals surface area (Å²) in [4.78, 5) is 15.3. The number of rotatable bonds is 5. The first kappa shape index (κ1) is 34.5. The molecule has 0 atom stereocenters. The molecule has 0 radical (unpaired) electrons. The van der Waals surface area contributed by atoms with Gasteiger partial charge in [-0.05, 0) is 91.5 Å². The Morgan fingerprint density at radius 2 is 0.806 bits per heavy atom. The molecule has 10 aromatic carbocycles. The van der Waals surface area contributed by atoms with Crippen LogP contribution in [-0.4, -0.2) is 15.0 Å². The molecule has 0 unspecified atom stereocenters. The van der Waals surface area contributed by atoms with Crippen LogP contribution in [-0.2, 0) is 0 Å². The molecule has 3 heterocycles. The average Bonchev–Trinajstić information content (AvgIpc) is 3.92. The van der Waals surface area contributed by atoms with Gasteiger partial charge in [-0.15, -0.1) is 0 Å². The number of hydrogen-bond donors (Lipinski definition) is 0. The Morgan fingerprint density at radius 1 is 0.274 bits per heavy atom. The zero-order chi connectivity index (χ0) is 40.7. The van der Waals surface area contributed by atoms with Crippen LogP contribution in [0.5, 0.6) is 0 Å². The summed E-state index contributed by atoms with van der Waals surface area (Å²) in [5.74, 6) is 1.77. The fourth-order valence-electron chi connectivity index (χ4n) is 9.31. The highest BCUT2D eigenvalue weighted by molar-refractivity contribution is 6.20. The molecule has 13 rings (SSSR count). The minimum absolute atomic E-state index is 0.577. The van der Waals surface area contributed by atoms with E-state index in [0.29, 0.717) is 17.5 Å². The molecule has 0 spiro atoms. The van der Waals surface area contributed by atoms with Crippen molar-refractivity contribution in [2.24, 2.45) is 0 Å². The summed E-state index contributed by atoms with van der Waals surface area (Å²) in [6, 6.07) is 69.9. The molecule has 0 saturated carbocycles. The summed E-state index contributed by atoms with van der Waals surface area (Å²) in [5.41, 5.74) is 10.4. The number of hydrogen-bond acceptors (Lipinski definition) is 5. The van der Waals surface area contributed by atoms with Gasteiger partial charge in [0.05, 0.1) is 0 Å². The maximum atomic E-state index is 6.80. The average molecular weight is 792 g/mol. The van der Waals surface area contributed by atoms with E-state index in [0.717, 1.165) is 93.6 Å². The Bertz CT molecular complexity index is 3940. The highest BCUT2D eigenvalue weighted by Gasteiger charge is 2.20. The number of furan rings is 2. The van der Waals surface area contributed by atoms with Crippen LogP contribution >= 0.6 is 0 Å². The predicted octanol–water partition coefficient (Wildman–Crippen LogP) is 15.5. The van der Waals surface area contributed by atoms with Crippen molar-refractivity contribution < 1.29 is 8.83 Å². The van der Waals surface area contributed by atoms with Crippen molar-refractivity contribution >= 4 is 76.2 Å². The van der Waals surface area contributed by atoms with E-state index >= 15 is 0 Å². The summed E-state index contributed by atoms with van der Waals surface area (Å²) in [6.45, 7) is 0. The highest BCUT2D eigenvalue weighted by atomic mass is 16.3. The Hall–Kier alpha value is -8.41. The van der Waals surface area contributed by atoms with Gasteiger partial charge in [-0.2, -0.15) is 0 Å². The molecule has 0 amide bonds. The molecule has 0 aliphatic rings. The fourth-order valence-corrected chi connectivity index (χ4v) is 9.31. The van der Waals surface area contributed by atoms with E-state index in [2.05, 4.69) is 170 Å². The van der Waals surface area contributed by atoms with Gasteiger partial charge in [0.2, 0.25) is 0 Å². The molecule has 5 heteroatoms. The minimum atomic E-state index is 0.577. The number of benzene rings is 10. The highest BCUT2D eigenvalue weighted by Crippen LogP contribution is 2.45. The second-order valence-electron chi connectivity index (χ2n) is 15.9. The van der Waals surface area contributed by atoms with Crippen molar-refractivity contribution in [2.75, 3.05) is 0 Å². The summed E-state index contributed by atoms with van der Waals surface area (Å²) in [6.07, 6.45) is 0. The topological polar surface area (TPSA) is 65.0 Å². The number of aromatic nitrogens is 3. The molecular weight excluding hydrogens is 759 g/mol. The smallest absolute Gasteiger partial charge is 0.164 e. The van der Waals surface area contributed by atoms with Crippen molar-refractivity contribution in [1.82, 2.24) is 15.0 Å². The van der Waals surface area contributed by atoms with E-state index in [1.165, 1.54) is 21.5 Å². The number of para-hydroxylation sites is 2. The third-order valence-electron chi connectivity index (χ3n) is 12.3. The number of fused-ring (bicyclic) bond motifs is 10. The molecule has 5 nitrogen and oxygen atoms in total. The van der Waals surface area contributed by atoms with E-state index in [9.17, 15) is 0 Å². The second kappa shape index (κ2) is 13.6. The summed E-state index contributed by atoms with van der Waals surface area (Å²) >= 11 is 0. The Labute approximate surface area is 355 Å². The quantitative estimate of drug-likeness (QED) is 0.162. The van der Waals surface area contributed by atoms with Gasteiger partial charge in [0.25, 0.3) is 0 Å². The standard InChI is InChI=1S/C57H33N3O2/c1-2-12-37-31-39(26-21-34(37)11-1)56-58-55(59-57(60-56)40-27-28-46-45-17-7-9-19-50(45)61-52(46)33-40)36-24-22-35(23-25-36)42-29-30-47(54-53(42)48-18-8-10-20-51(48)62-54)49-32-38-13-3-4-14-41(38)43-15-5-6-16-44(43)49/h1-33H. The Balaban J connectivity index is 0.958. The van der Waals surface area contributed by atoms with Crippen LogP contribution in [0.4, 0.5) is 0 Å². The second-order valence-corrected chi connectivity index (χ2v) is 15.9. The SMILES string of the molecule is c1ccc2cc(-c3nc(-c4ccc(-c5ccc(-c6cc7ccccc7c7ccccc67)c6oc7ccccc7c56)cc4)nc(-c4ccc5c(c4)oc4ccccc45)n3)ccc2c1. The maximum Gasteiger partial charge on any atom is 0.164 e. The van der Waals surface area contributed by atoms with Gasteiger partial charge < -0.3 is 8.83 Å². The Morgan fingerprint density at radius 3 is 1.60 bits per heavy atom. The molecule has 0 N–H and O–H groups in total. The lowest BCUT2D eigenvalue weighted by atomic mass is 9.90. The number of nitrogens with zero attached hydrogens (tertiary/aromatic N) is 3. The van der Waals surface area contributed by atoms with Crippen LogP contribution in [0.1, 0.15) is 0 Å². The molecule has 62 heavy (non-hydrogen) atoms. The van der Waals surface area contributed by atoms with Crippen LogP contribution in [0.15, 0.2) is 209 Å². The predicted molar refractivity (Wildman–Crippen MR) is 254 cm³/mol. The minimum Gasteiger partial charge on any atom is -0.456 e. The first-order valence-electron chi connectivity index (χ1n) is 20.8. The lowest BCUT2D eigenvalue weighted by Crippen LogP contribution is -2.00. The van der Waals surface area contributed by atoms with E-state index < -0.39 is 0 Å². The van der Waals surface area contributed by atoms with Gasteiger partial charge in [0.1, 0.15) is 22.3 Å². The normalized spacial score (nSPS) is 11.9. The molecule has 0 fully saturated rings. The molecular formula is C57H33N3O2. The lowest BCUT2D eigenvalue weighted by molar-refractivity contribution is 0.669. The molecule has 0 aliphatic carbocycles. The summed E-state index contributed by atoms with van der Waals surface area (Å²) in [5, 5.41) is 11.5. The summed E-state index contributed by atoms with van der Waals surface area (Å²) < 4.78 is 13.1. The van der Waals surface area contributed by atoms with Gasteiger partial charge >= 0.3 is 0 Å². The molecule has 0 aliphatic heterocycles. The summed E-state index contributed by atoms with van der Waals surface area (Å²) in [7, 11) is 0.